The Labute approximate surface area is 172 Å². The number of pyridine rings is 2. The van der Waals surface area contributed by atoms with E-state index in [0.717, 1.165) is 0 Å². The minimum Gasteiger partial charge on any atom is -0.382 e. The van der Waals surface area contributed by atoms with E-state index in [4.69, 9.17) is 10.00 Å². The van der Waals surface area contributed by atoms with Crippen LogP contribution in [0.4, 0.5) is 10.1 Å². The highest BCUT2D eigenvalue weighted by Crippen LogP contribution is 2.22. The molecule has 0 aliphatic rings. The van der Waals surface area contributed by atoms with Gasteiger partial charge in [0.1, 0.15) is 12.2 Å². The fourth-order valence-corrected chi connectivity index (χ4v) is 2.86. The molecule has 3 aromatic heterocycles. The van der Waals surface area contributed by atoms with Crippen LogP contribution in [0.1, 0.15) is 29.8 Å². The maximum Gasteiger partial charge on any atom is 0.255 e. The molecular weight excluding hydrogens is 389 g/mol. The molecule has 0 aliphatic heterocycles. The van der Waals surface area contributed by atoms with Crippen molar-refractivity contribution in [2.45, 2.75) is 26.1 Å². The van der Waals surface area contributed by atoms with E-state index in [2.05, 4.69) is 25.7 Å². The van der Waals surface area contributed by atoms with Gasteiger partial charge in [-0.3, -0.25) is 4.79 Å². The topological polar surface area (TPSA) is 118 Å². The van der Waals surface area contributed by atoms with E-state index in [9.17, 15) is 9.18 Å². The summed E-state index contributed by atoms with van der Waals surface area (Å²) in [6.45, 7) is 3.62. The molecule has 9 nitrogen and oxygen atoms in total. The van der Waals surface area contributed by atoms with Crippen LogP contribution in [-0.2, 0) is 4.74 Å². The molecule has 10 heteroatoms. The molecule has 1 amide bonds. The van der Waals surface area contributed by atoms with E-state index in [1.54, 1.807) is 18.3 Å². The van der Waals surface area contributed by atoms with Crippen LogP contribution in [0.3, 0.4) is 0 Å². The maximum atomic E-state index is 13.6. The van der Waals surface area contributed by atoms with Crippen molar-refractivity contribution >= 4 is 22.6 Å². The summed E-state index contributed by atoms with van der Waals surface area (Å²) in [6.07, 6.45) is 3.17. The van der Waals surface area contributed by atoms with Gasteiger partial charge < -0.3 is 15.4 Å². The van der Waals surface area contributed by atoms with Gasteiger partial charge in [0.25, 0.3) is 5.91 Å². The zero-order valence-electron chi connectivity index (χ0n) is 16.9. The number of anilines is 1. The monoisotopic (exact) mass is 411 g/mol. The molecule has 0 saturated heterocycles. The summed E-state index contributed by atoms with van der Waals surface area (Å²) in [6, 6.07) is 5.46. The number of hydrogen-bond acceptors (Lipinski definition) is 7. The lowest BCUT2D eigenvalue weighted by Crippen LogP contribution is -2.33. The Kier molecular flexibility index (Phi) is 6.54. The van der Waals surface area contributed by atoms with Crippen molar-refractivity contribution in [3.8, 4) is 11.9 Å². The number of nitrogens with one attached hydrogen (secondary N) is 2. The first-order valence-corrected chi connectivity index (χ1v) is 9.35. The summed E-state index contributed by atoms with van der Waals surface area (Å²) in [4.78, 5) is 21.2. The highest BCUT2D eigenvalue weighted by Gasteiger charge is 2.17. The van der Waals surface area contributed by atoms with E-state index < -0.39 is 12.1 Å². The molecule has 2 N–H and O–H groups in total. The van der Waals surface area contributed by atoms with Crippen LogP contribution >= 0.6 is 0 Å². The Bertz CT molecular complexity index is 1090. The van der Waals surface area contributed by atoms with Crippen molar-refractivity contribution in [1.82, 2.24) is 25.1 Å². The number of amides is 1. The molecule has 3 aromatic rings. The molecule has 30 heavy (non-hydrogen) atoms. The molecule has 3 rings (SSSR count). The Morgan fingerprint density at radius 3 is 2.80 bits per heavy atom. The fourth-order valence-electron chi connectivity index (χ4n) is 2.86. The number of carbonyl (C=O) groups is 1. The Morgan fingerprint density at radius 1 is 1.30 bits per heavy atom. The molecule has 0 bridgehead atoms. The number of rotatable bonds is 8. The van der Waals surface area contributed by atoms with Gasteiger partial charge in [-0.1, -0.05) is 0 Å². The largest absolute Gasteiger partial charge is 0.382 e. The van der Waals surface area contributed by atoms with Crippen molar-refractivity contribution < 1.29 is 13.9 Å². The van der Waals surface area contributed by atoms with Crippen LogP contribution < -0.4 is 10.6 Å². The summed E-state index contributed by atoms with van der Waals surface area (Å²) >= 11 is 0. The summed E-state index contributed by atoms with van der Waals surface area (Å²) in [5.41, 5.74) is 1.79. The van der Waals surface area contributed by atoms with Gasteiger partial charge in [0.15, 0.2) is 11.5 Å². The third kappa shape index (κ3) is 4.69. The average Bonchev–Trinajstić information content (AvgIpc) is 3.15. The summed E-state index contributed by atoms with van der Waals surface area (Å²) in [5.74, 6) is 0.00252. The number of fused-ring (bicyclic) bond motifs is 1. The number of alkyl halides is 1. The quantitative estimate of drug-likeness (QED) is 0.583. The molecule has 156 valence electrons. The van der Waals surface area contributed by atoms with E-state index in [-0.39, 0.29) is 24.8 Å². The lowest BCUT2D eigenvalue weighted by molar-refractivity contribution is 0.0902. The molecule has 0 spiro atoms. The van der Waals surface area contributed by atoms with Gasteiger partial charge in [0.2, 0.25) is 0 Å². The van der Waals surface area contributed by atoms with Gasteiger partial charge >= 0.3 is 0 Å². The molecule has 0 fully saturated rings. The van der Waals surface area contributed by atoms with Crippen molar-refractivity contribution in [2.75, 3.05) is 25.6 Å². The maximum absolute atomic E-state index is 13.6. The molecule has 1 atom stereocenters. The van der Waals surface area contributed by atoms with Crippen molar-refractivity contribution in [1.29, 1.82) is 5.26 Å². The third-order valence-electron chi connectivity index (χ3n) is 4.16. The number of carbonyl (C=O) groups excluding carboxylic acids is 1. The molecule has 0 saturated carbocycles. The number of halogens is 1. The number of nitrogens with zero attached hydrogens (tertiary/aromatic N) is 5. The predicted molar refractivity (Wildman–Crippen MR) is 109 cm³/mol. The molecular formula is C20H22FN7O2. The van der Waals surface area contributed by atoms with E-state index in [1.165, 1.54) is 24.2 Å². The zero-order chi connectivity index (χ0) is 21.7. The number of ether oxygens (including phenoxy) is 1. The summed E-state index contributed by atoms with van der Waals surface area (Å²) < 4.78 is 19.9. The fraction of sp³-hybridized carbons (Fsp3) is 0.350. The zero-order valence-corrected chi connectivity index (χ0v) is 16.9. The van der Waals surface area contributed by atoms with E-state index in [1.807, 2.05) is 19.9 Å². The molecule has 0 radical (unpaired) electrons. The second-order valence-corrected chi connectivity index (χ2v) is 6.95. The van der Waals surface area contributed by atoms with Crippen molar-refractivity contribution in [2.24, 2.45) is 0 Å². The van der Waals surface area contributed by atoms with Crippen LogP contribution in [0.25, 0.3) is 16.9 Å². The molecule has 1 unspecified atom stereocenters. The highest BCUT2D eigenvalue weighted by atomic mass is 19.1. The van der Waals surface area contributed by atoms with Crippen LogP contribution in [0.15, 0.2) is 30.7 Å². The van der Waals surface area contributed by atoms with Gasteiger partial charge in [-0.15, -0.1) is 0 Å². The Morgan fingerprint density at radius 2 is 2.10 bits per heavy atom. The number of methoxy groups -OCH3 is 1. The Hall–Kier alpha value is -3.58. The van der Waals surface area contributed by atoms with E-state index >= 15 is 0 Å². The first kappa shape index (κ1) is 21.1. The van der Waals surface area contributed by atoms with Crippen LogP contribution in [0.5, 0.6) is 0 Å². The highest BCUT2D eigenvalue weighted by molar-refractivity contribution is 5.99. The smallest absolute Gasteiger partial charge is 0.255 e. The average molecular weight is 411 g/mol. The number of nitriles is 1. The summed E-state index contributed by atoms with van der Waals surface area (Å²) in [7, 11) is 1.40. The standard InChI is InChI=1S/C20H22FN7O2/c1-12(2)27-17-5-18(23-10-16(17)20(29)25-9-15(21)11-30-3)28-19-14(8-26-28)4-13(6-22)7-24-19/h4-5,7-8,10,12,15H,9,11H2,1-3H3,(H,23,27)(H,25,29). The SMILES string of the molecule is COCC(F)CNC(=O)c1cnc(-n2ncc3cc(C#N)cnc32)cc1NC(C)C. The first-order chi connectivity index (χ1) is 14.4. The molecule has 3 heterocycles. The predicted octanol–water partition coefficient (Wildman–Crippen LogP) is 2.22. The number of aromatic nitrogens is 4. The number of hydrogen-bond donors (Lipinski definition) is 2. The first-order valence-electron chi connectivity index (χ1n) is 9.35. The lowest BCUT2D eigenvalue weighted by atomic mass is 10.2. The summed E-state index contributed by atoms with van der Waals surface area (Å²) in [5, 5.41) is 19.8. The molecule has 0 aliphatic carbocycles. The minimum absolute atomic E-state index is 0.0416. The van der Waals surface area contributed by atoms with Crippen LogP contribution in [0, 0.1) is 11.3 Å². The van der Waals surface area contributed by atoms with Gasteiger partial charge in [0.05, 0.1) is 36.2 Å². The van der Waals surface area contributed by atoms with Crippen molar-refractivity contribution in [3.05, 3.63) is 41.9 Å². The van der Waals surface area contributed by atoms with Gasteiger partial charge in [-0.2, -0.15) is 15.0 Å². The normalized spacial score (nSPS) is 12.0. The second-order valence-electron chi connectivity index (χ2n) is 6.95. The van der Waals surface area contributed by atoms with Gasteiger partial charge in [0, 0.05) is 37.0 Å². The minimum atomic E-state index is -1.30. The second kappa shape index (κ2) is 9.28. The lowest BCUT2D eigenvalue weighted by Gasteiger charge is -2.16. The molecule has 0 aromatic carbocycles. The van der Waals surface area contributed by atoms with Gasteiger partial charge in [-0.25, -0.2) is 14.4 Å². The third-order valence-corrected chi connectivity index (χ3v) is 4.16. The van der Waals surface area contributed by atoms with Gasteiger partial charge in [-0.05, 0) is 19.9 Å². The Balaban J connectivity index is 1.93. The van der Waals surface area contributed by atoms with Crippen LogP contribution in [-0.4, -0.2) is 58.1 Å². The van der Waals surface area contributed by atoms with Crippen LogP contribution in [0.2, 0.25) is 0 Å². The van der Waals surface area contributed by atoms with Crippen molar-refractivity contribution in [3.63, 3.8) is 0 Å². The van der Waals surface area contributed by atoms with E-state index in [0.29, 0.717) is 28.1 Å².